The van der Waals surface area contributed by atoms with Crippen molar-refractivity contribution in [3.05, 3.63) is 209 Å². The molecule has 0 spiro atoms. The molecule has 408 valence electrons. The zero-order chi connectivity index (χ0) is 57.4. The Labute approximate surface area is 480 Å². The molecule has 3 aliphatic heterocycles. The number of hydroxylamine groups is 2. The van der Waals surface area contributed by atoms with Gasteiger partial charge in [-0.2, -0.15) is 0 Å². The maximum Gasteiger partial charge on any atom is 0.363 e. The van der Waals surface area contributed by atoms with Gasteiger partial charge < -0.3 is 30.8 Å². The number of nitrogens with one attached hydrogen (secondary N) is 2. The molecule has 1 saturated heterocycles. The highest BCUT2D eigenvalue weighted by molar-refractivity contribution is 6.38. The number of hydrogen-bond acceptors (Lipinski definition) is 13. The fourth-order valence-electron chi connectivity index (χ4n) is 9.75. The molecule has 1 fully saturated rings. The molecule has 5 N–H and O–H groups in total. The summed E-state index contributed by atoms with van der Waals surface area (Å²) in [6.07, 6.45) is 1.11. The second-order valence-electron chi connectivity index (χ2n) is 19.0. The quantitative estimate of drug-likeness (QED) is 0.0600. The van der Waals surface area contributed by atoms with Crippen molar-refractivity contribution in [2.24, 2.45) is 0 Å². The highest BCUT2D eigenvalue weighted by Crippen LogP contribution is 2.39. The van der Waals surface area contributed by atoms with Crippen LogP contribution in [0.15, 0.2) is 133 Å². The monoisotopic (exact) mass is 1170 g/mol. The van der Waals surface area contributed by atoms with Crippen LogP contribution >= 0.6 is 46.4 Å². The average molecular weight is 1170 g/mol. The Balaban J connectivity index is 0.000000185. The van der Waals surface area contributed by atoms with Gasteiger partial charge in [-0.15, -0.1) is 5.06 Å². The number of anilines is 2. The second-order valence-corrected chi connectivity index (χ2v) is 20.6. The van der Waals surface area contributed by atoms with Crippen LogP contribution in [0.3, 0.4) is 0 Å². The number of imide groups is 3. The summed E-state index contributed by atoms with van der Waals surface area (Å²) in [5.74, 6) is -5.10. The van der Waals surface area contributed by atoms with Crippen LogP contribution < -0.4 is 10.6 Å². The summed E-state index contributed by atoms with van der Waals surface area (Å²) in [6.45, 7) is 1.02. The molecule has 3 aliphatic rings. The molecule has 17 nitrogen and oxygen atoms in total. The zero-order valence-corrected chi connectivity index (χ0v) is 45.3. The number of nitrogens with zero attached hydrogens (tertiary/aromatic N) is 3. The fraction of sp³-hybridized carbons (Fsp3) is 0.133. The average Bonchev–Trinajstić information content (AvgIpc) is 3.86. The van der Waals surface area contributed by atoms with Crippen LogP contribution in [-0.2, 0) is 40.4 Å². The topological polar surface area (TPSA) is 240 Å². The van der Waals surface area contributed by atoms with E-state index in [1.54, 1.807) is 91.0 Å². The molecule has 8 aromatic carbocycles. The Morgan fingerprint density at radius 3 is 1.23 bits per heavy atom. The lowest BCUT2D eigenvalue weighted by Crippen LogP contribution is -2.39. The second kappa shape index (κ2) is 23.0. The Kier molecular flexibility index (Phi) is 15.7. The molecule has 8 aromatic rings. The third kappa shape index (κ3) is 11.2. The number of carboxylic acid groups (broad SMARTS) is 1. The van der Waals surface area contributed by atoms with Gasteiger partial charge in [-0.1, -0.05) is 94.9 Å². The minimum absolute atomic E-state index is 0.00985. The summed E-state index contributed by atoms with van der Waals surface area (Å²) in [6, 6.07) is 36.3. The van der Waals surface area contributed by atoms with Gasteiger partial charge >= 0.3 is 11.9 Å². The van der Waals surface area contributed by atoms with Crippen LogP contribution in [0, 0.1) is 0 Å². The van der Waals surface area contributed by atoms with Gasteiger partial charge in [-0.05, 0) is 120 Å². The lowest BCUT2D eigenvalue weighted by molar-refractivity contribution is -0.172. The number of phenolic OH excluding ortho intramolecular Hbond substituents is 2. The van der Waals surface area contributed by atoms with Crippen molar-refractivity contribution in [2.45, 2.75) is 38.8 Å². The standard InChI is InChI=1S/C32H23Cl2N3O7.C28H20Cl2N2O5/c33-23-14-18(15-24(34)29(23)40)12-13-35-25-9-8-22-28-20(25)2-1-3-21(28)30(41)36(31(22)42)16-17-4-6-19(7-5-17)32(43)44-37-26(38)10-11-27(37)39;29-21-12-16(13-22(30)25(21)33)10-11-31-23-9-8-20-24-18(23)2-1-3-19(24)26(34)32(27(20)35)14-15-4-6-17(7-5-15)28(36)37/h1-9,14-15,35,40H,10-13,16H2;1-9,12-13,31,33H,10-11,14H2,(H,36,37). The summed E-state index contributed by atoms with van der Waals surface area (Å²) in [5.41, 5.74) is 6.29. The summed E-state index contributed by atoms with van der Waals surface area (Å²) >= 11 is 24.1. The number of halogens is 4. The van der Waals surface area contributed by atoms with E-state index in [0.29, 0.717) is 75.1 Å². The van der Waals surface area contributed by atoms with Crippen molar-refractivity contribution < 1.29 is 58.5 Å². The molecule has 0 aliphatic carbocycles. The van der Waals surface area contributed by atoms with Crippen LogP contribution in [-0.4, -0.2) is 90.7 Å². The van der Waals surface area contributed by atoms with Crippen LogP contribution in [0.4, 0.5) is 11.4 Å². The Morgan fingerprint density at radius 2 is 0.852 bits per heavy atom. The minimum Gasteiger partial charge on any atom is -0.505 e. The van der Waals surface area contributed by atoms with Crippen LogP contribution in [0.1, 0.15) is 97.2 Å². The number of aromatic hydroxyl groups is 2. The predicted octanol–water partition coefficient (Wildman–Crippen LogP) is 11.5. The third-order valence-corrected chi connectivity index (χ3v) is 15.0. The summed E-state index contributed by atoms with van der Waals surface area (Å²) in [7, 11) is 0. The molecular weight excluding hydrogens is 1120 g/mol. The van der Waals surface area contributed by atoms with E-state index >= 15 is 0 Å². The Bertz CT molecular complexity index is 3880. The number of rotatable bonds is 15. The number of benzene rings is 8. The van der Waals surface area contributed by atoms with Crippen molar-refractivity contribution in [2.75, 3.05) is 23.7 Å². The number of carbonyl (C=O) groups excluding carboxylic acids is 7. The van der Waals surface area contributed by atoms with Gasteiger partial charge in [0.25, 0.3) is 35.4 Å². The van der Waals surface area contributed by atoms with Crippen molar-refractivity contribution >= 4 is 127 Å². The van der Waals surface area contributed by atoms with Crippen LogP contribution in [0.25, 0.3) is 21.5 Å². The van der Waals surface area contributed by atoms with E-state index in [2.05, 4.69) is 10.6 Å². The third-order valence-electron chi connectivity index (χ3n) is 13.8. The van der Waals surface area contributed by atoms with E-state index in [4.69, 9.17) is 56.3 Å². The van der Waals surface area contributed by atoms with Crippen molar-refractivity contribution in [1.29, 1.82) is 0 Å². The summed E-state index contributed by atoms with van der Waals surface area (Å²) in [5, 5.41) is 39.2. The van der Waals surface area contributed by atoms with Crippen LogP contribution in [0.2, 0.25) is 20.1 Å². The van der Waals surface area contributed by atoms with Gasteiger partial charge in [0.05, 0.1) is 44.3 Å². The normalized spacial score (nSPS) is 13.7. The first-order valence-electron chi connectivity index (χ1n) is 25.0. The van der Waals surface area contributed by atoms with E-state index < -0.39 is 47.4 Å². The largest absolute Gasteiger partial charge is 0.505 e. The molecule has 0 radical (unpaired) electrons. The van der Waals surface area contributed by atoms with Gasteiger partial charge in [0.1, 0.15) is 0 Å². The molecular formula is C60H43Cl4N5O12. The van der Waals surface area contributed by atoms with Gasteiger partial charge in [0, 0.05) is 81.1 Å². The molecule has 0 bridgehead atoms. The molecule has 6 amide bonds. The maximum absolute atomic E-state index is 13.5. The van der Waals surface area contributed by atoms with Crippen LogP contribution in [0.5, 0.6) is 11.5 Å². The van der Waals surface area contributed by atoms with Crippen molar-refractivity contribution in [3.63, 3.8) is 0 Å². The van der Waals surface area contributed by atoms with Gasteiger partial charge in [0.15, 0.2) is 11.5 Å². The molecule has 0 saturated carbocycles. The number of carbonyl (C=O) groups is 8. The fourth-order valence-corrected chi connectivity index (χ4v) is 10.8. The number of carboxylic acids is 1. The van der Waals surface area contributed by atoms with Gasteiger partial charge in [-0.25, -0.2) is 9.59 Å². The summed E-state index contributed by atoms with van der Waals surface area (Å²) in [4.78, 5) is 108. The molecule has 0 atom stereocenters. The molecule has 0 aromatic heterocycles. The molecule has 21 heteroatoms. The lowest BCUT2D eigenvalue weighted by Gasteiger charge is -2.28. The maximum atomic E-state index is 13.5. The first-order chi connectivity index (χ1) is 38.9. The highest BCUT2D eigenvalue weighted by atomic mass is 35.5. The number of aromatic carboxylic acids is 1. The SMILES string of the molecule is O=C(O)c1ccc(CN2C(=O)c3cccc4c(NCCc5cc(Cl)c(O)c(Cl)c5)ccc(c34)C2=O)cc1.O=C(ON1C(=O)CCC1=O)c1ccc(CN2C(=O)c3cccc4c(NCCc5cc(Cl)c(O)c(Cl)c5)ccc(c34)C2=O)cc1. The van der Waals surface area contributed by atoms with Crippen molar-refractivity contribution in [3.8, 4) is 11.5 Å². The number of hydrogen-bond donors (Lipinski definition) is 5. The Hall–Kier alpha value is -9.00. The van der Waals surface area contributed by atoms with Gasteiger partial charge in [0.2, 0.25) is 0 Å². The first-order valence-corrected chi connectivity index (χ1v) is 26.5. The molecule has 11 rings (SSSR count). The molecule has 81 heavy (non-hydrogen) atoms. The predicted molar refractivity (Wildman–Crippen MR) is 303 cm³/mol. The smallest absolute Gasteiger partial charge is 0.363 e. The van der Waals surface area contributed by atoms with E-state index in [1.807, 2.05) is 18.2 Å². The van der Waals surface area contributed by atoms with E-state index in [9.17, 15) is 48.6 Å². The molecule has 3 heterocycles. The minimum atomic E-state index is -1.04. The lowest BCUT2D eigenvalue weighted by atomic mass is 9.92. The first kappa shape index (κ1) is 55.3. The molecule has 0 unspecified atom stereocenters. The van der Waals surface area contributed by atoms with E-state index in [0.717, 1.165) is 38.2 Å². The van der Waals surface area contributed by atoms with Gasteiger partial charge in [-0.3, -0.25) is 38.6 Å². The highest BCUT2D eigenvalue weighted by Gasteiger charge is 2.36. The number of amides is 6. The number of phenols is 2. The van der Waals surface area contributed by atoms with E-state index in [-0.39, 0.29) is 68.6 Å². The Morgan fingerprint density at radius 1 is 0.481 bits per heavy atom. The zero-order valence-electron chi connectivity index (χ0n) is 42.2. The van der Waals surface area contributed by atoms with E-state index in [1.165, 1.54) is 29.2 Å². The summed E-state index contributed by atoms with van der Waals surface area (Å²) < 4.78 is 0. The van der Waals surface area contributed by atoms with Crippen molar-refractivity contribution in [1.82, 2.24) is 14.9 Å².